The van der Waals surface area contributed by atoms with Crippen molar-refractivity contribution in [3.8, 4) is 0 Å². The van der Waals surface area contributed by atoms with E-state index in [4.69, 9.17) is 4.74 Å². The lowest BCUT2D eigenvalue weighted by molar-refractivity contribution is 0.0933. The molecule has 1 aromatic carbocycles. The second kappa shape index (κ2) is 10.1. The quantitative estimate of drug-likeness (QED) is 0.597. The number of amides is 2. The number of carbonyl (C=O) groups is 2. The number of carbonyl (C=O) groups excluding carboxylic acids is 2. The first-order chi connectivity index (χ1) is 11.3. The fourth-order valence-corrected chi connectivity index (χ4v) is 1.89. The Kier molecular flexibility index (Phi) is 8.43. The van der Waals surface area contributed by atoms with Crippen LogP contribution < -0.4 is 16.0 Å². The molecular weight excluding hydrogens is 306 g/mol. The molecule has 3 N–H and O–H groups in total. The molecule has 0 bridgehead atoms. The molecular formula is C18H29N3O3. The van der Waals surface area contributed by atoms with E-state index in [9.17, 15) is 9.59 Å². The first-order valence-corrected chi connectivity index (χ1v) is 8.19. The maximum atomic E-state index is 12.0. The molecule has 0 heterocycles. The van der Waals surface area contributed by atoms with Crippen molar-refractivity contribution in [2.24, 2.45) is 5.41 Å². The van der Waals surface area contributed by atoms with E-state index in [1.165, 1.54) is 0 Å². The molecule has 6 nitrogen and oxygen atoms in total. The minimum absolute atomic E-state index is 0.0345. The summed E-state index contributed by atoms with van der Waals surface area (Å²) in [6, 6.07) is 6.67. The van der Waals surface area contributed by atoms with Gasteiger partial charge in [-0.15, -0.1) is 0 Å². The third-order valence-electron chi connectivity index (χ3n) is 3.26. The lowest BCUT2D eigenvalue weighted by atomic mass is 9.97. The van der Waals surface area contributed by atoms with Crippen LogP contribution in [0.1, 0.15) is 41.5 Å². The SMILES string of the molecule is COCCNCCNC(=O)c1ccc(C(=O)NCC(C)(C)C)cc1. The second-order valence-corrected chi connectivity index (χ2v) is 6.82. The van der Waals surface area contributed by atoms with Gasteiger partial charge in [-0.25, -0.2) is 0 Å². The van der Waals surface area contributed by atoms with E-state index in [0.717, 1.165) is 6.54 Å². The molecule has 0 unspecified atom stereocenters. The summed E-state index contributed by atoms with van der Waals surface area (Å²) in [5, 5.41) is 8.87. The average molecular weight is 335 g/mol. The topological polar surface area (TPSA) is 79.5 Å². The molecule has 1 aromatic rings. The minimum atomic E-state index is -0.148. The third-order valence-corrected chi connectivity index (χ3v) is 3.26. The van der Waals surface area contributed by atoms with Crippen LogP contribution in [0.4, 0.5) is 0 Å². The number of methoxy groups -OCH3 is 1. The van der Waals surface area contributed by atoms with Crippen LogP contribution in [-0.2, 0) is 4.74 Å². The fourth-order valence-electron chi connectivity index (χ4n) is 1.89. The van der Waals surface area contributed by atoms with E-state index in [1.807, 2.05) is 0 Å². The van der Waals surface area contributed by atoms with E-state index >= 15 is 0 Å². The van der Waals surface area contributed by atoms with Gasteiger partial charge >= 0.3 is 0 Å². The smallest absolute Gasteiger partial charge is 0.251 e. The Balaban J connectivity index is 2.40. The van der Waals surface area contributed by atoms with E-state index in [1.54, 1.807) is 31.4 Å². The van der Waals surface area contributed by atoms with Crippen molar-refractivity contribution in [2.45, 2.75) is 20.8 Å². The Labute approximate surface area is 144 Å². The first-order valence-electron chi connectivity index (χ1n) is 8.19. The van der Waals surface area contributed by atoms with Crippen LogP contribution >= 0.6 is 0 Å². The molecule has 0 radical (unpaired) electrons. The summed E-state index contributed by atoms with van der Waals surface area (Å²) in [6.45, 7) is 9.40. The zero-order chi connectivity index (χ0) is 18.0. The van der Waals surface area contributed by atoms with Gasteiger partial charge in [0, 0.05) is 44.4 Å². The van der Waals surface area contributed by atoms with Crippen molar-refractivity contribution in [2.75, 3.05) is 39.9 Å². The summed E-state index contributed by atoms with van der Waals surface area (Å²) in [6.07, 6.45) is 0. The normalized spacial score (nSPS) is 11.2. The molecule has 0 aliphatic heterocycles. The summed E-state index contributed by atoms with van der Waals surface area (Å²) in [5.41, 5.74) is 1.13. The molecule has 2 amide bonds. The number of benzene rings is 1. The molecule has 0 aliphatic carbocycles. The highest BCUT2D eigenvalue weighted by molar-refractivity contribution is 5.97. The van der Waals surface area contributed by atoms with Crippen LogP contribution in [0.25, 0.3) is 0 Å². The second-order valence-electron chi connectivity index (χ2n) is 6.82. The highest BCUT2D eigenvalue weighted by atomic mass is 16.5. The van der Waals surface area contributed by atoms with Crippen LogP contribution in [-0.4, -0.2) is 51.7 Å². The highest BCUT2D eigenvalue weighted by Gasteiger charge is 2.13. The van der Waals surface area contributed by atoms with Crippen molar-refractivity contribution < 1.29 is 14.3 Å². The molecule has 134 valence electrons. The van der Waals surface area contributed by atoms with Gasteiger partial charge in [0.15, 0.2) is 0 Å². The zero-order valence-electron chi connectivity index (χ0n) is 15.1. The molecule has 0 saturated heterocycles. The van der Waals surface area contributed by atoms with Crippen LogP contribution in [0.15, 0.2) is 24.3 Å². The van der Waals surface area contributed by atoms with Gasteiger partial charge in [0.2, 0.25) is 0 Å². The molecule has 24 heavy (non-hydrogen) atoms. The van der Waals surface area contributed by atoms with E-state index in [2.05, 4.69) is 36.7 Å². The van der Waals surface area contributed by atoms with E-state index < -0.39 is 0 Å². The van der Waals surface area contributed by atoms with E-state index in [0.29, 0.717) is 37.4 Å². The van der Waals surface area contributed by atoms with Gasteiger partial charge < -0.3 is 20.7 Å². The number of hydrogen-bond acceptors (Lipinski definition) is 4. The maximum Gasteiger partial charge on any atom is 0.251 e. The van der Waals surface area contributed by atoms with Crippen molar-refractivity contribution in [1.82, 2.24) is 16.0 Å². The summed E-state index contributed by atoms with van der Waals surface area (Å²) < 4.78 is 4.92. The van der Waals surface area contributed by atoms with Crippen molar-refractivity contribution in [3.05, 3.63) is 35.4 Å². The fraction of sp³-hybridized carbons (Fsp3) is 0.556. The molecule has 0 aromatic heterocycles. The summed E-state index contributed by atoms with van der Waals surface area (Å²) in [7, 11) is 1.65. The summed E-state index contributed by atoms with van der Waals surface area (Å²) >= 11 is 0. The lowest BCUT2D eigenvalue weighted by Gasteiger charge is -2.18. The number of hydrogen-bond donors (Lipinski definition) is 3. The summed E-state index contributed by atoms with van der Waals surface area (Å²) in [5.74, 6) is -0.274. The standard InChI is InChI=1S/C18H29N3O3/c1-18(2,3)13-21-17(23)15-7-5-14(6-8-15)16(22)20-10-9-19-11-12-24-4/h5-8,19H,9-13H2,1-4H3,(H,20,22)(H,21,23). The van der Waals surface area contributed by atoms with Gasteiger partial charge in [-0.2, -0.15) is 0 Å². The number of ether oxygens (including phenoxy) is 1. The largest absolute Gasteiger partial charge is 0.383 e. The van der Waals surface area contributed by atoms with Gasteiger partial charge in [0.05, 0.1) is 6.61 Å². The summed E-state index contributed by atoms with van der Waals surface area (Å²) in [4.78, 5) is 24.0. The van der Waals surface area contributed by atoms with E-state index in [-0.39, 0.29) is 17.2 Å². The van der Waals surface area contributed by atoms with Crippen LogP contribution in [0, 0.1) is 5.41 Å². The molecule has 0 aliphatic rings. The Morgan fingerprint density at radius 1 is 0.917 bits per heavy atom. The molecule has 6 heteroatoms. The van der Waals surface area contributed by atoms with Crippen LogP contribution in [0.2, 0.25) is 0 Å². The average Bonchev–Trinajstić information content (AvgIpc) is 2.55. The van der Waals surface area contributed by atoms with Gasteiger partial charge in [-0.3, -0.25) is 9.59 Å². The highest BCUT2D eigenvalue weighted by Crippen LogP contribution is 2.11. The molecule has 0 saturated carbocycles. The van der Waals surface area contributed by atoms with Gasteiger partial charge in [-0.1, -0.05) is 20.8 Å². The Morgan fingerprint density at radius 2 is 1.46 bits per heavy atom. The third kappa shape index (κ3) is 8.08. The molecule has 0 spiro atoms. The van der Waals surface area contributed by atoms with Crippen LogP contribution in [0.5, 0.6) is 0 Å². The Bertz CT molecular complexity index is 521. The Morgan fingerprint density at radius 3 is 1.96 bits per heavy atom. The number of nitrogens with one attached hydrogen (secondary N) is 3. The first kappa shape index (κ1) is 20.1. The van der Waals surface area contributed by atoms with Gasteiger partial charge in [0.1, 0.15) is 0 Å². The maximum absolute atomic E-state index is 12.0. The predicted molar refractivity (Wildman–Crippen MR) is 95.3 cm³/mol. The molecule has 0 atom stereocenters. The molecule has 0 fully saturated rings. The lowest BCUT2D eigenvalue weighted by Crippen LogP contribution is -2.33. The predicted octanol–water partition coefficient (Wildman–Crippen LogP) is 1.43. The van der Waals surface area contributed by atoms with Crippen LogP contribution in [0.3, 0.4) is 0 Å². The molecule has 1 rings (SSSR count). The number of rotatable bonds is 9. The Hall–Kier alpha value is -1.92. The van der Waals surface area contributed by atoms with Crippen molar-refractivity contribution in [3.63, 3.8) is 0 Å². The zero-order valence-corrected chi connectivity index (χ0v) is 15.1. The van der Waals surface area contributed by atoms with Gasteiger partial charge in [0.25, 0.3) is 11.8 Å². The minimum Gasteiger partial charge on any atom is -0.383 e. The monoisotopic (exact) mass is 335 g/mol. The van der Waals surface area contributed by atoms with Crippen molar-refractivity contribution >= 4 is 11.8 Å². The van der Waals surface area contributed by atoms with Gasteiger partial charge in [-0.05, 0) is 29.7 Å². The van der Waals surface area contributed by atoms with Crippen molar-refractivity contribution in [1.29, 1.82) is 0 Å².